The fourth-order valence-corrected chi connectivity index (χ4v) is 3.76. The predicted octanol–water partition coefficient (Wildman–Crippen LogP) is 2.60. The van der Waals surface area contributed by atoms with Crippen molar-refractivity contribution in [2.75, 3.05) is 13.7 Å². The fraction of sp³-hybridized carbons (Fsp3) is 0.929. The summed E-state index contributed by atoms with van der Waals surface area (Å²) in [5, 5.41) is 9.24. The number of carbonyl (C=O) groups excluding carboxylic acids is 1. The molecule has 1 aliphatic heterocycles. The monoisotopic (exact) mass is 303 g/mol. The highest BCUT2D eigenvalue weighted by Crippen LogP contribution is 2.38. The van der Waals surface area contributed by atoms with Crippen LogP contribution >= 0.6 is 0 Å². The van der Waals surface area contributed by atoms with Gasteiger partial charge in [0.15, 0.2) is 8.32 Å². The third kappa shape index (κ3) is 3.54. The van der Waals surface area contributed by atoms with Gasteiger partial charge in [-0.25, -0.2) is 4.79 Å². The number of ether oxygens (including phenoxy) is 1. The Morgan fingerprint density at radius 1 is 1.45 bits per heavy atom. The van der Waals surface area contributed by atoms with E-state index < -0.39 is 8.32 Å². The van der Waals surface area contributed by atoms with Gasteiger partial charge in [0.1, 0.15) is 6.10 Å². The minimum Gasteiger partial charge on any atom is -0.444 e. The Labute approximate surface area is 123 Å². The first-order valence-corrected chi connectivity index (χ1v) is 10.1. The number of aliphatic hydroxyl groups excluding tert-OH is 1. The second-order valence-electron chi connectivity index (χ2n) is 7.12. The largest absolute Gasteiger partial charge is 0.444 e. The molecule has 1 aliphatic rings. The number of hydrogen-bond donors (Lipinski definition) is 1. The highest BCUT2D eigenvalue weighted by Gasteiger charge is 2.46. The van der Waals surface area contributed by atoms with Crippen LogP contribution in [0, 0.1) is 0 Å². The summed E-state index contributed by atoms with van der Waals surface area (Å²) in [6, 6.07) is -0.135. The molecule has 0 unspecified atom stereocenters. The van der Waals surface area contributed by atoms with Gasteiger partial charge in [-0.3, -0.25) is 0 Å². The number of hydrogen-bond acceptors (Lipinski definition) is 4. The minimum absolute atomic E-state index is 0.00903. The molecule has 0 spiro atoms. The van der Waals surface area contributed by atoms with Crippen molar-refractivity contribution in [3.8, 4) is 0 Å². The zero-order valence-electron chi connectivity index (χ0n) is 13.8. The van der Waals surface area contributed by atoms with E-state index in [-0.39, 0.29) is 36.0 Å². The normalized spacial score (nSPS) is 25.8. The highest BCUT2D eigenvalue weighted by molar-refractivity contribution is 6.74. The van der Waals surface area contributed by atoms with Crippen molar-refractivity contribution in [3.05, 3.63) is 0 Å². The number of rotatable bonds is 5. The Morgan fingerprint density at radius 2 is 2.00 bits per heavy atom. The summed E-state index contributed by atoms with van der Waals surface area (Å²) < 4.78 is 11.7. The Bertz CT molecular complexity index is 354. The standard InChI is InChI=1S/C14H29NO4Si/c1-10(19-20(6,7)14(2,3)4)12-11(8-9-16)18-13(17)15(12)5/h10-12,16H,8-9H2,1-7H3/t10-,11-,12-/m1/s1. The minimum atomic E-state index is -1.90. The lowest BCUT2D eigenvalue weighted by atomic mass is 10.0. The zero-order chi connectivity index (χ0) is 15.7. The summed E-state index contributed by atoms with van der Waals surface area (Å²) >= 11 is 0. The molecular formula is C14H29NO4Si. The van der Waals surface area contributed by atoms with Crippen LogP contribution in [0.3, 0.4) is 0 Å². The molecule has 0 radical (unpaired) electrons. The van der Waals surface area contributed by atoms with Gasteiger partial charge in [-0.1, -0.05) is 20.8 Å². The summed E-state index contributed by atoms with van der Waals surface area (Å²) in [6.07, 6.45) is -0.285. The molecule has 0 bridgehead atoms. The van der Waals surface area contributed by atoms with Gasteiger partial charge in [-0.2, -0.15) is 0 Å². The summed E-state index contributed by atoms with van der Waals surface area (Å²) in [6.45, 7) is 13.0. The molecular weight excluding hydrogens is 274 g/mol. The van der Waals surface area contributed by atoms with Gasteiger partial charge in [-0.05, 0) is 25.1 Å². The Kier molecular flexibility index (Phi) is 5.27. The number of amides is 1. The SMILES string of the molecule is C[C@@H](O[Si](C)(C)C(C)(C)C)[C@@H]1[C@@H](CCO)OC(=O)N1C. The maximum Gasteiger partial charge on any atom is 0.410 e. The topological polar surface area (TPSA) is 59.0 Å². The van der Waals surface area contributed by atoms with Crippen LogP contribution in [0.4, 0.5) is 4.79 Å². The average Bonchev–Trinajstić information content (AvgIpc) is 2.53. The Hall–Kier alpha value is -0.593. The van der Waals surface area contributed by atoms with E-state index in [1.165, 1.54) is 0 Å². The van der Waals surface area contributed by atoms with Gasteiger partial charge in [-0.15, -0.1) is 0 Å². The number of cyclic esters (lactones) is 1. The molecule has 0 aromatic carbocycles. The van der Waals surface area contributed by atoms with Gasteiger partial charge in [0.05, 0.1) is 12.1 Å². The lowest BCUT2D eigenvalue weighted by molar-refractivity contribution is 0.0646. The molecule has 1 amide bonds. The predicted molar refractivity (Wildman–Crippen MR) is 81.3 cm³/mol. The van der Waals surface area contributed by atoms with Crippen molar-refractivity contribution in [3.63, 3.8) is 0 Å². The molecule has 0 aromatic heterocycles. The van der Waals surface area contributed by atoms with Crippen molar-refractivity contribution < 1.29 is 19.1 Å². The van der Waals surface area contributed by atoms with Crippen LogP contribution in [-0.2, 0) is 9.16 Å². The van der Waals surface area contributed by atoms with E-state index in [2.05, 4.69) is 33.9 Å². The maximum absolute atomic E-state index is 11.7. The van der Waals surface area contributed by atoms with Crippen LogP contribution in [-0.4, -0.2) is 56.3 Å². The maximum atomic E-state index is 11.7. The Morgan fingerprint density at radius 3 is 2.45 bits per heavy atom. The van der Waals surface area contributed by atoms with Crippen molar-refractivity contribution in [2.24, 2.45) is 0 Å². The quantitative estimate of drug-likeness (QED) is 0.793. The van der Waals surface area contributed by atoms with Crippen LogP contribution < -0.4 is 0 Å². The van der Waals surface area contributed by atoms with Gasteiger partial charge in [0.2, 0.25) is 0 Å². The number of aliphatic hydroxyl groups is 1. The molecule has 118 valence electrons. The van der Waals surface area contributed by atoms with Crippen molar-refractivity contribution in [1.82, 2.24) is 4.90 Å². The number of carbonyl (C=O) groups is 1. The molecule has 1 saturated heterocycles. The second kappa shape index (κ2) is 6.03. The summed E-state index contributed by atoms with van der Waals surface area (Å²) in [5.74, 6) is 0. The van der Waals surface area contributed by atoms with Gasteiger partial charge in [0, 0.05) is 20.1 Å². The molecule has 0 saturated carbocycles. The van der Waals surface area contributed by atoms with Crippen molar-refractivity contribution >= 4 is 14.4 Å². The molecule has 3 atom stereocenters. The van der Waals surface area contributed by atoms with Gasteiger partial charge in [0.25, 0.3) is 0 Å². The number of nitrogens with zero attached hydrogens (tertiary/aromatic N) is 1. The van der Waals surface area contributed by atoms with E-state index in [4.69, 9.17) is 14.3 Å². The van der Waals surface area contributed by atoms with Crippen molar-refractivity contribution in [1.29, 1.82) is 0 Å². The first-order valence-electron chi connectivity index (χ1n) is 7.23. The smallest absolute Gasteiger partial charge is 0.410 e. The van der Waals surface area contributed by atoms with Crippen LogP contribution in [0.1, 0.15) is 34.1 Å². The molecule has 1 heterocycles. The molecule has 1 rings (SSSR count). The second-order valence-corrected chi connectivity index (χ2v) is 11.9. The number of likely N-dealkylation sites (N-methyl/N-ethyl adjacent to an activating group) is 1. The molecule has 0 aromatic rings. The third-order valence-electron chi connectivity index (χ3n) is 4.55. The average molecular weight is 303 g/mol. The summed E-state index contributed by atoms with van der Waals surface area (Å²) in [5.41, 5.74) is 0. The lowest BCUT2D eigenvalue weighted by Crippen LogP contribution is -2.51. The van der Waals surface area contributed by atoms with Crippen LogP contribution in [0.25, 0.3) is 0 Å². The highest BCUT2D eigenvalue weighted by atomic mass is 28.4. The van der Waals surface area contributed by atoms with E-state index >= 15 is 0 Å². The van der Waals surface area contributed by atoms with Crippen LogP contribution in [0.5, 0.6) is 0 Å². The lowest BCUT2D eigenvalue weighted by Gasteiger charge is -2.41. The first kappa shape index (κ1) is 17.5. The van der Waals surface area contributed by atoms with Gasteiger partial charge >= 0.3 is 6.09 Å². The molecule has 6 heteroatoms. The van der Waals surface area contributed by atoms with Gasteiger partial charge < -0.3 is 19.2 Å². The van der Waals surface area contributed by atoms with Crippen LogP contribution in [0.15, 0.2) is 0 Å². The van der Waals surface area contributed by atoms with E-state index in [1.54, 1.807) is 11.9 Å². The van der Waals surface area contributed by atoms with E-state index in [0.29, 0.717) is 6.42 Å². The first-order chi connectivity index (χ1) is 9.01. The van der Waals surface area contributed by atoms with E-state index in [0.717, 1.165) is 0 Å². The summed E-state index contributed by atoms with van der Waals surface area (Å²) in [7, 11) is -0.164. The molecule has 0 aliphatic carbocycles. The molecule has 1 fully saturated rings. The molecule has 1 N–H and O–H groups in total. The zero-order valence-corrected chi connectivity index (χ0v) is 14.8. The van der Waals surface area contributed by atoms with Crippen molar-refractivity contribution in [2.45, 2.75) is 70.5 Å². The molecule has 20 heavy (non-hydrogen) atoms. The third-order valence-corrected chi connectivity index (χ3v) is 9.12. The molecule has 5 nitrogen and oxygen atoms in total. The van der Waals surface area contributed by atoms with E-state index in [9.17, 15) is 4.79 Å². The fourth-order valence-electron chi connectivity index (χ4n) is 2.34. The van der Waals surface area contributed by atoms with E-state index in [1.807, 2.05) is 6.92 Å². The summed E-state index contributed by atoms with van der Waals surface area (Å²) in [4.78, 5) is 13.3. The Balaban J connectivity index is 2.84. The van der Waals surface area contributed by atoms with Crippen LogP contribution in [0.2, 0.25) is 18.1 Å².